The van der Waals surface area contributed by atoms with Crippen LogP contribution in [0.15, 0.2) is 22.8 Å². The van der Waals surface area contributed by atoms with Crippen molar-refractivity contribution in [2.75, 3.05) is 7.11 Å². The monoisotopic (exact) mass is 240 g/mol. The molecule has 0 aliphatic rings. The van der Waals surface area contributed by atoms with Gasteiger partial charge >= 0.3 is 0 Å². The smallest absolute Gasteiger partial charge is 0.263 e. The van der Waals surface area contributed by atoms with Crippen LogP contribution in [-0.2, 0) is 4.43 Å². The van der Waals surface area contributed by atoms with Crippen molar-refractivity contribution in [1.82, 2.24) is 0 Å². The van der Waals surface area contributed by atoms with Gasteiger partial charge in [-0.25, -0.2) is 0 Å². The van der Waals surface area contributed by atoms with Gasteiger partial charge in [0.25, 0.3) is 8.32 Å². The average molecular weight is 240 g/mol. The normalized spacial score (nSPS) is 12.7. The molecule has 1 rings (SSSR count). The van der Waals surface area contributed by atoms with Crippen LogP contribution in [-0.4, -0.2) is 15.4 Å². The van der Waals surface area contributed by atoms with E-state index in [1.807, 2.05) is 13.2 Å². The molecule has 16 heavy (non-hydrogen) atoms. The van der Waals surface area contributed by atoms with Crippen molar-refractivity contribution in [2.45, 2.75) is 39.8 Å². The van der Waals surface area contributed by atoms with Crippen LogP contribution in [0.5, 0.6) is 0 Å². The Morgan fingerprint density at radius 3 is 2.06 bits per heavy atom. The maximum Gasteiger partial charge on any atom is 0.263 e. The molecule has 0 aliphatic heterocycles. The first-order chi connectivity index (χ1) is 7.50. The highest BCUT2D eigenvalue weighted by atomic mass is 28.4. The van der Waals surface area contributed by atoms with Gasteiger partial charge in [0.05, 0.1) is 6.26 Å². The molecule has 3 heteroatoms. The van der Waals surface area contributed by atoms with Gasteiger partial charge < -0.3 is 8.84 Å². The molecular formula is C13H24O2Si. The summed E-state index contributed by atoms with van der Waals surface area (Å²) in [6.07, 6.45) is 1.76. The van der Waals surface area contributed by atoms with Gasteiger partial charge in [-0.15, -0.1) is 0 Å². The third-order valence-electron chi connectivity index (χ3n) is 2.84. The third-order valence-corrected chi connectivity index (χ3v) is 7.75. The zero-order valence-electron chi connectivity index (χ0n) is 11.1. The molecule has 1 aromatic heterocycles. The molecule has 0 fully saturated rings. The Kier molecular flexibility index (Phi) is 4.81. The van der Waals surface area contributed by atoms with Crippen LogP contribution in [0.4, 0.5) is 0 Å². The Morgan fingerprint density at radius 1 is 1.19 bits per heavy atom. The van der Waals surface area contributed by atoms with Crippen LogP contribution >= 0.6 is 0 Å². The SMILES string of the molecule is CO[Si](CC(C)C)(CC(C)C)c1ccco1. The Labute approximate surface area is 100 Å². The van der Waals surface area contributed by atoms with E-state index in [2.05, 4.69) is 33.8 Å². The van der Waals surface area contributed by atoms with Crippen molar-refractivity contribution in [3.8, 4) is 0 Å². The fraction of sp³-hybridized carbons (Fsp3) is 0.692. The van der Waals surface area contributed by atoms with Crippen molar-refractivity contribution >= 4 is 13.7 Å². The van der Waals surface area contributed by atoms with Crippen LogP contribution in [0.25, 0.3) is 0 Å². The minimum absolute atomic E-state index is 0.649. The van der Waals surface area contributed by atoms with E-state index in [1.165, 1.54) is 0 Å². The van der Waals surface area contributed by atoms with Gasteiger partial charge in [-0.2, -0.15) is 0 Å². The lowest BCUT2D eigenvalue weighted by Crippen LogP contribution is -2.51. The maximum absolute atomic E-state index is 5.95. The third kappa shape index (κ3) is 3.22. The molecule has 0 saturated heterocycles. The predicted molar refractivity (Wildman–Crippen MR) is 70.4 cm³/mol. The standard InChI is InChI=1S/C13H24O2Si/c1-11(2)9-16(14-5,10-12(3)4)13-7-6-8-15-13/h6-8,11-12H,9-10H2,1-5H3. The Balaban J connectivity index is 2.97. The first-order valence-corrected chi connectivity index (χ1v) is 8.41. The predicted octanol–water partition coefficient (Wildman–Crippen LogP) is 3.39. The summed E-state index contributed by atoms with van der Waals surface area (Å²) in [6.45, 7) is 9.02. The first kappa shape index (κ1) is 13.5. The summed E-state index contributed by atoms with van der Waals surface area (Å²) in [4.78, 5) is 0. The molecule has 0 radical (unpaired) electrons. The van der Waals surface area contributed by atoms with Crippen LogP contribution in [0, 0.1) is 11.8 Å². The zero-order chi connectivity index (χ0) is 12.2. The Hall–Kier alpha value is -0.543. The maximum atomic E-state index is 5.95. The summed E-state index contributed by atoms with van der Waals surface area (Å²) < 4.78 is 11.6. The fourth-order valence-electron chi connectivity index (χ4n) is 2.41. The van der Waals surface area contributed by atoms with Crippen molar-refractivity contribution < 1.29 is 8.84 Å². The molecule has 0 atom stereocenters. The number of furan rings is 1. The lowest BCUT2D eigenvalue weighted by atomic mass is 10.3. The molecule has 0 aromatic carbocycles. The van der Waals surface area contributed by atoms with Gasteiger partial charge in [0.2, 0.25) is 0 Å². The van der Waals surface area contributed by atoms with E-state index in [0.717, 1.165) is 17.5 Å². The van der Waals surface area contributed by atoms with E-state index in [9.17, 15) is 0 Å². The molecular weight excluding hydrogens is 216 g/mol. The number of hydrogen-bond donors (Lipinski definition) is 0. The van der Waals surface area contributed by atoms with Crippen molar-refractivity contribution in [3.05, 3.63) is 18.4 Å². The molecule has 0 saturated carbocycles. The second-order valence-electron chi connectivity index (χ2n) is 5.37. The summed E-state index contributed by atoms with van der Waals surface area (Å²) in [5.74, 6) is 1.30. The second-order valence-corrected chi connectivity index (χ2v) is 9.08. The van der Waals surface area contributed by atoms with Gasteiger partial charge in [-0.3, -0.25) is 0 Å². The molecule has 0 bridgehead atoms. The summed E-state index contributed by atoms with van der Waals surface area (Å²) in [6, 6.07) is 6.32. The molecule has 0 N–H and O–H groups in total. The Morgan fingerprint density at radius 2 is 1.75 bits per heavy atom. The zero-order valence-corrected chi connectivity index (χ0v) is 12.1. The van der Waals surface area contributed by atoms with E-state index in [1.54, 1.807) is 6.26 Å². The largest absolute Gasteiger partial charge is 0.471 e. The fourth-order valence-corrected chi connectivity index (χ4v) is 6.83. The molecule has 2 nitrogen and oxygen atoms in total. The van der Waals surface area contributed by atoms with E-state index in [4.69, 9.17) is 8.84 Å². The van der Waals surface area contributed by atoms with Crippen molar-refractivity contribution in [3.63, 3.8) is 0 Å². The van der Waals surface area contributed by atoms with Crippen molar-refractivity contribution in [2.24, 2.45) is 11.8 Å². The summed E-state index contributed by atoms with van der Waals surface area (Å²) in [7, 11) is -0.0395. The average Bonchev–Trinajstić information content (AvgIpc) is 2.68. The van der Waals surface area contributed by atoms with Crippen LogP contribution in [0.1, 0.15) is 27.7 Å². The first-order valence-electron chi connectivity index (χ1n) is 6.09. The van der Waals surface area contributed by atoms with Gasteiger partial charge in [0.15, 0.2) is 0 Å². The van der Waals surface area contributed by atoms with Crippen LogP contribution < -0.4 is 5.38 Å². The topological polar surface area (TPSA) is 22.4 Å². The van der Waals surface area contributed by atoms with E-state index in [0.29, 0.717) is 11.8 Å². The number of hydrogen-bond acceptors (Lipinski definition) is 2. The van der Waals surface area contributed by atoms with E-state index >= 15 is 0 Å². The Bertz CT molecular complexity index is 281. The molecule has 0 unspecified atom stereocenters. The van der Waals surface area contributed by atoms with Gasteiger partial charge in [0.1, 0.15) is 5.38 Å². The molecule has 0 amide bonds. The highest BCUT2D eigenvalue weighted by Gasteiger charge is 2.40. The quantitative estimate of drug-likeness (QED) is 0.711. The summed E-state index contributed by atoms with van der Waals surface area (Å²) in [5.41, 5.74) is 0. The highest BCUT2D eigenvalue weighted by molar-refractivity contribution is 6.85. The summed E-state index contributed by atoms with van der Waals surface area (Å²) in [5, 5.41) is 1.09. The van der Waals surface area contributed by atoms with Crippen LogP contribution in [0.3, 0.4) is 0 Å². The number of rotatable bonds is 6. The molecule has 0 spiro atoms. The summed E-state index contributed by atoms with van der Waals surface area (Å²) >= 11 is 0. The van der Waals surface area contributed by atoms with E-state index < -0.39 is 8.32 Å². The molecule has 92 valence electrons. The molecule has 0 aliphatic carbocycles. The lowest BCUT2D eigenvalue weighted by molar-refractivity contribution is 0.377. The highest BCUT2D eigenvalue weighted by Crippen LogP contribution is 2.26. The van der Waals surface area contributed by atoms with Gasteiger partial charge in [-0.05, 0) is 36.1 Å². The minimum atomic E-state index is -1.89. The minimum Gasteiger partial charge on any atom is -0.471 e. The molecule has 1 aromatic rings. The van der Waals surface area contributed by atoms with Gasteiger partial charge in [0, 0.05) is 7.11 Å². The van der Waals surface area contributed by atoms with E-state index in [-0.39, 0.29) is 0 Å². The second kappa shape index (κ2) is 5.69. The lowest BCUT2D eigenvalue weighted by Gasteiger charge is -2.30. The van der Waals surface area contributed by atoms with Crippen LogP contribution in [0.2, 0.25) is 12.1 Å². The van der Waals surface area contributed by atoms with Crippen molar-refractivity contribution in [1.29, 1.82) is 0 Å². The van der Waals surface area contributed by atoms with Gasteiger partial charge in [-0.1, -0.05) is 27.7 Å². The molecule has 1 heterocycles.